The van der Waals surface area contributed by atoms with Crippen LogP contribution in [0, 0.1) is 0 Å². The molecule has 0 aliphatic carbocycles. The first-order valence-electron chi connectivity index (χ1n) is 7.05. The van der Waals surface area contributed by atoms with Crippen molar-refractivity contribution in [1.82, 2.24) is 20.2 Å². The van der Waals surface area contributed by atoms with Gasteiger partial charge in [0.1, 0.15) is 5.75 Å². The number of anilines is 1. The molecule has 0 aliphatic heterocycles. The van der Waals surface area contributed by atoms with Crippen LogP contribution in [-0.2, 0) is 13.1 Å². The first-order chi connectivity index (χ1) is 10.1. The van der Waals surface area contributed by atoms with E-state index in [1.165, 1.54) is 0 Å². The van der Waals surface area contributed by atoms with Gasteiger partial charge in [0.05, 0.1) is 10.6 Å². The number of tetrazole rings is 1. The minimum Gasteiger partial charge on any atom is -0.490 e. The molecule has 114 valence electrons. The van der Waals surface area contributed by atoms with Crippen LogP contribution in [0.15, 0.2) is 22.7 Å². The predicted octanol–water partition coefficient (Wildman–Crippen LogP) is 3.24. The van der Waals surface area contributed by atoms with E-state index in [4.69, 9.17) is 4.74 Å². The van der Waals surface area contributed by atoms with Crippen LogP contribution in [0.2, 0.25) is 0 Å². The molecule has 0 radical (unpaired) electrons. The molecule has 0 bridgehead atoms. The van der Waals surface area contributed by atoms with Crippen molar-refractivity contribution in [3.63, 3.8) is 0 Å². The lowest BCUT2D eigenvalue weighted by Crippen LogP contribution is -2.09. The van der Waals surface area contributed by atoms with Gasteiger partial charge in [0.25, 0.3) is 0 Å². The van der Waals surface area contributed by atoms with Crippen molar-refractivity contribution < 1.29 is 4.74 Å². The number of ether oxygens (including phenoxy) is 1. The highest BCUT2D eigenvalue weighted by atomic mass is 79.9. The van der Waals surface area contributed by atoms with Gasteiger partial charge >= 0.3 is 0 Å². The predicted molar refractivity (Wildman–Crippen MR) is 85.3 cm³/mol. The topological polar surface area (TPSA) is 64.9 Å². The van der Waals surface area contributed by atoms with Crippen molar-refractivity contribution in [2.75, 3.05) is 5.32 Å². The van der Waals surface area contributed by atoms with Crippen LogP contribution in [0.5, 0.6) is 5.75 Å². The van der Waals surface area contributed by atoms with E-state index in [1.807, 2.05) is 32.0 Å². The molecule has 0 amide bonds. The fraction of sp³-hybridized carbons (Fsp3) is 0.500. The molecule has 0 saturated carbocycles. The van der Waals surface area contributed by atoms with E-state index in [-0.39, 0.29) is 6.10 Å². The summed E-state index contributed by atoms with van der Waals surface area (Å²) in [5, 5.41) is 14.9. The fourth-order valence-electron chi connectivity index (χ4n) is 1.88. The van der Waals surface area contributed by atoms with Gasteiger partial charge in [-0.15, -0.1) is 0 Å². The Kier molecular flexibility index (Phi) is 5.55. The highest BCUT2D eigenvalue weighted by molar-refractivity contribution is 9.10. The molecule has 21 heavy (non-hydrogen) atoms. The second kappa shape index (κ2) is 7.40. The molecule has 6 nitrogen and oxygen atoms in total. The van der Waals surface area contributed by atoms with E-state index in [0.29, 0.717) is 12.5 Å². The Morgan fingerprint density at radius 1 is 1.38 bits per heavy atom. The van der Waals surface area contributed by atoms with Gasteiger partial charge in [0.2, 0.25) is 5.95 Å². The maximum absolute atomic E-state index is 5.70. The zero-order valence-corrected chi connectivity index (χ0v) is 14.1. The third kappa shape index (κ3) is 4.42. The van der Waals surface area contributed by atoms with Gasteiger partial charge in [-0.05, 0) is 64.3 Å². The summed E-state index contributed by atoms with van der Waals surface area (Å²) in [4.78, 5) is 0. The number of halogens is 1. The maximum atomic E-state index is 5.70. The first-order valence-corrected chi connectivity index (χ1v) is 7.84. The van der Waals surface area contributed by atoms with Crippen LogP contribution in [0.4, 0.5) is 5.95 Å². The van der Waals surface area contributed by atoms with Gasteiger partial charge in [0, 0.05) is 13.1 Å². The summed E-state index contributed by atoms with van der Waals surface area (Å²) in [5.41, 5.74) is 1.13. The third-order valence-electron chi connectivity index (χ3n) is 2.78. The van der Waals surface area contributed by atoms with Crippen molar-refractivity contribution in [1.29, 1.82) is 0 Å². The van der Waals surface area contributed by atoms with Crippen molar-refractivity contribution in [2.45, 2.75) is 46.4 Å². The highest BCUT2D eigenvalue weighted by Crippen LogP contribution is 2.27. The molecule has 2 aromatic rings. The number of rotatable bonds is 7. The van der Waals surface area contributed by atoms with Gasteiger partial charge in [-0.1, -0.05) is 18.1 Å². The van der Waals surface area contributed by atoms with E-state index < -0.39 is 0 Å². The van der Waals surface area contributed by atoms with Crippen LogP contribution in [-0.4, -0.2) is 26.3 Å². The quantitative estimate of drug-likeness (QED) is 0.827. The van der Waals surface area contributed by atoms with Crippen LogP contribution >= 0.6 is 15.9 Å². The van der Waals surface area contributed by atoms with Gasteiger partial charge < -0.3 is 10.1 Å². The summed E-state index contributed by atoms with van der Waals surface area (Å²) in [5.74, 6) is 1.54. The molecule has 1 N–H and O–H groups in total. The molecule has 0 saturated heterocycles. The van der Waals surface area contributed by atoms with Crippen LogP contribution in [0.1, 0.15) is 32.8 Å². The minimum atomic E-state index is 0.156. The van der Waals surface area contributed by atoms with Crippen molar-refractivity contribution in [2.24, 2.45) is 0 Å². The highest BCUT2D eigenvalue weighted by Gasteiger charge is 2.07. The van der Waals surface area contributed by atoms with E-state index in [9.17, 15) is 0 Å². The molecule has 1 aromatic heterocycles. The number of nitrogens with zero attached hydrogens (tertiary/aromatic N) is 4. The standard InChI is InChI=1S/C14H20BrN5O/c1-4-7-20-14(17-18-19-20)16-9-11-5-6-13(12(15)8-11)21-10(2)3/h5-6,8,10H,4,7,9H2,1-3H3,(H,16,17,19). The van der Waals surface area contributed by atoms with Crippen molar-refractivity contribution in [3.8, 4) is 5.75 Å². The Labute approximate surface area is 133 Å². The first kappa shape index (κ1) is 15.8. The molecular weight excluding hydrogens is 334 g/mol. The summed E-state index contributed by atoms with van der Waals surface area (Å²) in [6, 6.07) is 6.04. The average Bonchev–Trinajstić information content (AvgIpc) is 2.87. The maximum Gasteiger partial charge on any atom is 0.243 e. The Balaban J connectivity index is 2.00. The van der Waals surface area contributed by atoms with Crippen molar-refractivity contribution in [3.05, 3.63) is 28.2 Å². The van der Waals surface area contributed by atoms with Crippen LogP contribution < -0.4 is 10.1 Å². The molecule has 0 spiro atoms. The summed E-state index contributed by atoms with van der Waals surface area (Å²) in [7, 11) is 0. The number of benzene rings is 1. The SMILES string of the molecule is CCCn1nnnc1NCc1ccc(OC(C)C)c(Br)c1. The van der Waals surface area contributed by atoms with E-state index in [0.717, 1.165) is 28.8 Å². The Morgan fingerprint density at radius 2 is 2.19 bits per heavy atom. The lowest BCUT2D eigenvalue weighted by atomic mass is 10.2. The van der Waals surface area contributed by atoms with Crippen molar-refractivity contribution >= 4 is 21.9 Å². The molecule has 1 aromatic carbocycles. The van der Waals surface area contributed by atoms with Gasteiger partial charge in [-0.25, -0.2) is 4.68 Å². The number of aryl methyl sites for hydroxylation is 1. The van der Waals surface area contributed by atoms with Crippen LogP contribution in [0.3, 0.4) is 0 Å². The third-order valence-corrected chi connectivity index (χ3v) is 3.40. The summed E-state index contributed by atoms with van der Waals surface area (Å²) in [6.45, 7) is 7.58. The molecule has 1 heterocycles. The summed E-state index contributed by atoms with van der Waals surface area (Å²) < 4.78 is 8.41. The lowest BCUT2D eigenvalue weighted by molar-refractivity contribution is 0.241. The number of aromatic nitrogens is 4. The second-order valence-electron chi connectivity index (χ2n) is 5.01. The monoisotopic (exact) mass is 353 g/mol. The normalized spacial score (nSPS) is 10.9. The van der Waals surface area contributed by atoms with Gasteiger partial charge in [-0.2, -0.15) is 0 Å². The molecular formula is C14H20BrN5O. The number of hydrogen-bond acceptors (Lipinski definition) is 5. The fourth-order valence-corrected chi connectivity index (χ4v) is 2.40. The number of hydrogen-bond donors (Lipinski definition) is 1. The summed E-state index contributed by atoms with van der Waals surface area (Å²) in [6.07, 6.45) is 1.15. The Morgan fingerprint density at radius 3 is 2.86 bits per heavy atom. The van der Waals surface area contributed by atoms with E-state index >= 15 is 0 Å². The second-order valence-corrected chi connectivity index (χ2v) is 5.86. The minimum absolute atomic E-state index is 0.156. The van der Waals surface area contributed by atoms with Crippen LogP contribution in [0.25, 0.3) is 0 Å². The number of nitrogens with one attached hydrogen (secondary N) is 1. The van der Waals surface area contributed by atoms with E-state index in [2.05, 4.69) is 43.7 Å². The smallest absolute Gasteiger partial charge is 0.243 e. The van der Waals surface area contributed by atoms with E-state index in [1.54, 1.807) is 4.68 Å². The Bertz CT molecular complexity index is 584. The molecule has 0 unspecified atom stereocenters. The summed E-state index contributed by atoms with van der Waals surface area (Å²) >= 11 is 3.54. The zero-order chi connectivity index (χ0) is 15.2. The molecule has 2 rings (SSSR count). The Hall–Kier alpha value is -1.63. The molecule has 0 aliphatic rings. The van der Waals surface area contributed by atoms with Gasteiger partial charge in [-0.3, -0.25) is 0 Å². The molecule has 7 heteroatoms. The largest absolute Gasteiger partial charge is 0.490 e. The van der Waals surface area contributed by atoms with Gasteiger partial charge in [0.15, 0.2) is 0 Å². The zero-order valence-electron chi connectivity index (χ0n) is 12.5. The average molecular weight is 354 g/mol. The molecule has 0 fully saturated rings. The lowest BCUT2D eigenvalue weighted by Gasteiger charge is -2.13. The molecule has 0 atom stereocenters.